The first-order chi connectivity index (χ1) is 10.6. The van der Waals surface area contributed by atoms with Crippen molar-refractivity contribution in [2.75, 3.05) is 13.6 Å². The molecule has 0 radical (unpaired) electrons. The lowest BCUT2D eigenvalue weighted by Crippen LogP contribution is -2.58. The molecule has 0 amide bonds. The van der Waals surface area contributed by atoms with Crippen LogP contribution in [0.5, 0.6) is 5.75 Å². The first-order valence-corrected chi connectivity index (χ1v) is 8.21. The summed E-state index contributed by atoms with van der Waals surface area (Å²) in [6, 6.07) is 17.4. The van der Waals surface area contributed by atoms with Crippen molar-refractivity contribution >= 4 is 0 Å². The van der Waals surface area contributed by atoms with Gasteiger partial charge in [-0.2, -0.15) is 0 Å². The number of likely N-dealkylation sites (N-methyl/N-ethyl adjacent to an activating group) is 1. The summed E-state index contributed by atoms with van der Waals surface area (Å²) < 4.78 is 0. The van der Waals surface area contributed by atoms with E-state index in [2.05, 4.69) is 55.3 Å². The van der Waals surface area contributed by atoms with Gasteiger partial charge in [-0.25, -0.2) is 0 Å². The minimum absolute atomic E-state index is 0.0325. The Morgan fingerprint density at radius 2 is 1.91 bits per heavy atom. The third-order valence-corrected chi connectivity index (χ3v) is 6.07. The van der Waals surface area contributed by atoms with Crippen LogP contribution in [0.3, 0.4) is 0 Å². The molecule has 2 aromatic rings. The van der Waals surface area contributed by atoms with E-state index in [9.17, 15) is 5.11 Å². The van der Waals surface area contributed by atoms with Gasteiger partial charge in [0.2, 0.25) is 0 Å². The van der Waals surface area contributed by atoms with Gasteiger partial charge in [0.25, 0.3) is 0 Å². The summed E-state index contributed by atoms with van der Waals surface area (Å²) >= 11 is 0. The first kappa shape index (κ1) is 13.8. The average Bonchev–Trinajstić information content (AvgIpc) is 2.53. The fourth-order valence-electron chi connectivity index (χ4n) is 4.85. The first-order valence-electron chi connectivity index (χ1n) is 8.21. The van der Waals surface area contributed by atoms with E-state index in [-0.39, 0.29) is 5.41 Å². The van der Waals surface area contributed by atoms with Crippen LogP contribution in [0.25, 0.3) is 0 Å². The van der Waals surface area contributed by atoms with Gasteiger partial charge in [0.1, 0.15) is 5.75 Å². The molecule has 1 heterocycles. The number of hydrogen-bond donors (Lipinski definition) is 1. The van der Waals surface area contributed by atoms with Crippen molar-refractivity contribution in [1.82, 2.24) is 4.90 Å². The van der Waals surface area contributed by atoms with E-state index in [1.54, 1.807) is 0 Å². The van der Waals surface area contributed by atoms with E-state index in [0.717, 1.165) is 19.4 Å². The van der Waals surface area contributed by atoms with Gasteiger partial charge in [-0.1, -0.05) is 43.3 Å². The van der Waals surface area contributed by atoms with E-state index < -0.39 is 0 Å². The fraction of sp³-hybridized carbons (Fsp3) is 0.400. The van der Waals surface area contributed by atoms with Crippen LogP contribution in [0.4, 0.5) is 0 Å². The zero-order valence-electron chi connectivity index (χ0n) is 13.3. The number of rotatable bonds is 1. The Hall–Kier alpha value is -1.80. The number of likely N-dealkylation sites (tertiary alicyclic amines) is 1. The molecule has 2 aromatic carbocycles. The summed E-state index contributed by atoms with van der Waals surface area (Å²) in [5.74, 6) is 0.932. The van der Waals surface area contributed by atoms with Gasteiger partial charge < -0.3 is 10.0 Å². The minimum atomic E-state index is 0.0325. The maximum absolute atomic E-state index is 10.1. The number of aromatic hydroxyl groups is 1. The maximum atomic E-state index is 10.1. The van der Waals surface area contributed by atoms with Crippen LogP contribution < -0.4 is 0 Å². The lowest BCUT2D eigenvalue weighted by Gasteiger charge is -2.55. The molecule has 114 valence electrons. The van der Waals surface area contributed by atoms with Crippen LogP contribution in [-0.2, 0) is 11.8 Å². The lowest BCUT2D eigenvalue weighted by atomic mass is 9.55. The second-order valence-electron chi connectivity index (χ2n) is 6.97. The number of phenolic OH excluding ortho intramolecular Hbond substituents is 1. The summed E-state index contributed by atoms with van der Waals surface area (Å²) in [5, 5.41) is 10.1. The van der Waals surface area contributed by atoms with Crippen LogP contribution >= 0.6 is 0 Å². The molecule has 0 spiro atoms. The molecule has 2 bridgehead atoms. The van der Waals surface area contributed by atoms with Gasteiger partial charge in [0.05, 0.1) is 0 Å². The Balaban J connectivity index is 1.99. The highest BCUT2D eigenvalue weighted by Gasteiger charge is 2.51. The van der Waals surface area contributed by atoms with Gasteiger partial charge in [0, 0.05) is 11.5 Å². The Bertz CT molecular complexity index is 696. The molecule has 0 saturated carbocycles. The van der Waals surface area contributed by atoms with Crippen LogP contribution in [0.2, 0.25) is 0 Å². The van der Waals surface area contributed by atoms with Crippen molar-refractivity contribution in [1.29, 1.82) is 0 Å². The Kier molecular flexibility index (Phi) is 3.05. The van der Waals surface area contributed by atoms with Gasteiger partial charge in [-0.3, -0.25) is 0 Å². The third-order valence-electron chi connectivity index (χ3n) is 6.07. The molecular formula is C20H23NO. The van der Waals surface area contributed by atoms with Crippen molar-refractivity contribution in [3.8, 4) is 5.75 Å². The minimum Gasteiger partial charge on any atom is -0.508 e. The number of fused-ring (bicyclic) bond motifs is 4. The van der Waals surface area contributed by atoms with E-state index >= 15 is 0 Å². The predicted molar refractivity (Wildman–Crippen MR) is 89.2 cm³/mol. The van der Waals surface area contributed by atoms with Crippen molar-refractivity contribution in [3.05, 3.63) is 65.2 Å². The number of phenols is 1. The predicted octanol–water partition coefficient (Wildman–Crippen LogP) is 3.57. The highest BCUT2D eigenvalue weighted by molar-refractivity contribution is 5.51. The van der Waals surface area contributed by atoms with Gasteiger partial charge in [-0.15, -0.1) is 0 Å². The van der Waals surface area contributed by atoms with E-state index in [0.29, 0.717) is 17.7 Å². The standard InChI is InChI=1S/C20H23NO/c1-14-19-12-15-8-9-17(22)13-18(15)20(14,10-11-21(19)2)16-6-4-3-5-7-16/h3-9,13-14,19,22H,10-12H2,1-2H3/t14-,19+,20-/m0/s1. The normalized spacial score (nSPS) is 30.8. The molecule has 1 N–H and O–H groups in total. The van der Waals surface area contributed by atoms with Crippen LogP contribution in [-0.4, -0.2) is 29.6 Å². The van der Waals surface area contributed by atoms with E-state index in [1.165, 1.54) is 16.7 Å². The van der Waals surface area contributed by atoms with Crippen LogP contribution in [0.1, 0.15) is 30.0 Å². The van der Waals surface area contributed by atoms with Crippen molar-refractivity contribution < 1.29 is 5.11 Å². The van der Waals surface area contributed by atoms with Gasteiger partial charge in [0.15, 0.2) is 0 Å². The molecule has 3 atom stereocenters. The SMILES string of the molecule is C[C@H]1[C@H]2Cc3ccc(O)cc3[C@@]1(c1ccccc1)CCN2C. The molecule has 0 aromatic heterocycles. The zero-order valence-corrected chi connectivity index (χ0v) is 13.3. The zero-order chi connectivity index (χ0) is 15.3. The second kappa shape index (κ2) is 4.85. The van der Waals surface area contributed by atoms with E-state index in [1.807, 2.05) is 12.1 Å². The summed E-state index contributed by atoms with van der Waals surface area (Å²) in [6.45, 7) is 3.50. The molecule has 1 saturated heterocycles. The van der Waals surface area contributed by atoms with Crippen molar-refractivity contribution in [3.63, 3.8) is 0 Å². The molecule has 4 rings (SSSR count). The van der Waals surface area contributed by atoms with Crippen molar-refractivity contribution in [2.45, 2.75) is 31.2 Å². The molecule has 2 heteroatoms. The molecule has 2 aliphatic rings. The lowest BCUT2D eigenvalue weighted by molar-refractivity contribution is 0.0613. The van der Waals surface area contributed by atoms with Gasteiger partial charge in [-0.05, 0) is 61.2 Å². The molecule has 0 unspecified atom stereocenters. The summed E-state index contributed by atoms with van der Waals surface area (Å²) in [5.41, 5.74) is 4.17. The molecular weight excluding hydrogens is 270 g/mol. The average molecular weight is 293 g/mol. The van der Waals surface area contributed by atoms with Crippen molar-refractivity contribution in [2.24, 2.45) is 5.92 Å². The topological polar surface area (TPSA) is 23.5 Å². The fourth-order valence-corrected chi connectivity index (χ4v) is 4.85. The largest absolute Gasteiger partial charge is 0.508 e. The summed E-state index contributed by atoms with van der Waals surface area (Å²) in [6.07, 6.45) is 2.20. The molecule has 1 fully saturated rings. The highest BCUT2D eigenvalue weighted by Crippen LogP contribution is 2.52. The monoisotopic (exact) mass is 293 g/mol. The molecule has 22 heavy (non-hydrogen) atoms. The quantitative estimate of drug-likeness (QED) is 0.869. The number of piperidine rings is 1. The Morgan fingerprint density at radius 3 is 2.68 bits per heavy atom. The van der Waals surface area contributed by atoms with Crippen LogP contribution in [0.15, 0.2) is 48.5 Å². The van der Waals surface area contributed by atoms with Gasteiger partial charge >= 0.3 is 0 Å². The third kappa shape index (κ3) is 1.77. The molecule has 1 aliphatic carbocycles. The van der Waals surface area contributed by atoms with E-state index in [4.69, 9.17) is 0 Å². The number of hydrogen-bond acceptors (Lipinski definition) is 2. The summed E-state index contributed by atoms with van der Waals surface area (Å²) in [4.78, 5) is 2.52. The number of nitrogens with zero attached hydrogens (tertiary/aromatic N) is 1. The highest BCUT2D eigenvalue weighted by atomic mass is 16.3. The maximum Gasteiger partial charge on any atom is 0.115 e. The number of benzene rings is 2. The smallest absolute Gasteiger partial charge is 0.115 e. The Morgan fingerprint density at radius 1 is 1.14 bits per heavy atom. The Labute approximate surface area is 132 Å². The van der Waals surface area contributed by atoms with Crippen LogP contribution in [0, 0.1) is 5.92 Å². The molecule has 2 nitrogen and oxygen atoms in total. The second-order valence-corrected chi connectivity index (χ2v) is 6.97. The molecule has 1 aliphatic heterocycles. The summed E-state index contributed by atoms with van der Waals surface area (Å²) in [7, 11) is 2.25.